The Hall–Kier alpha value is -2.57. The van der Waals surface area contributed by atoms with Gasteiger partial charge in [0.1, 0.15) is 5.54 Å². The molecule has 156 valence electrons. The molecule has 30 heavy (non-hydrogen) atoms. The summed E-state index contributed by atoms with van der Waals surface area (Å²) in [5.74, 6) is -0.352. The van der Waals surface area contributed by atoms with Gasteiger partial charge in [-0.2, -0.15) is 0 Å². The van der Waals surface area contributed by atoms with Crippen molar-refractivity contribution in [2.24, 2.45) is 0 Å². The van der Waals surface area contributed by atoms with Crippen molar-refractivity contribution in [2.75, 3.05) is 25.5 Å². The zero-order valence-electron chi connectivity index (χ0n) is 16.7. The van der Waals surface area contributed by atoms with Gasteiger partial charge in [0.25, 0.3) is 11.8 Å². The highest BCUT2D eigenvalue weighted by molar-refractivity contribution is 6.35. The van der Waals surface area contributed by atoms with Crippen LogP contribution in [0.4, 0.5) is 10.5 Å². The van der Waals surface area contributed by atoms with Crippen LogP contribution in [-0.4, -0.2) is 53.8 Å². The lowest BCUT2D eigenvalue weighted by molar-refractivity contribution is -0.123. The Kier molecular flexibility index (Phi) is 5.24. The molecule has 1 atom stereocenters. The average Bonchev–Trinajstić information content (AvgIpc) is 3.19. The van der Waals surface area contributed by atoms with Gasteiger partial charge in [-0.1, -0.05) is 35.3 Å². The standard InChI is InChI=1S/C22H21Cl2N3O3/c1-25(2)19(28)15-6-4-14(5-7-15)13-22-8-3-9-26(22)21(30)27(20(22)29)18-11-16(23)10-17(24)12-18/h4-7,10-12H,3,8-9,13H2,1-2H3. The zero-order chi connectivity index (χ0) is 21.6. The molecule has 0 N–H and O–H groups in total. The Labute approximate surface area is 184 Å². The smallest absolute Gasteiger partial charge is 0.332 e. The van der Waals surface area contributed by atoms with Crippen LogP contribution in [0.3, 0.4) is 0 Å². The summed E-state index contributed by atoms with van der Waals surface area (Å²) in [6, 6.07) is 11.5. The van der Waals surface area contributed by atoms with Gasteiger partial charge in [-0.05, 0) is 48.7 Å². The molecule has 4 rings (SSSR count). The minimum absolute atomic E-state index is 0.0849. The van der Waals surface area contributed by atoms with Crippen LogP contribution in [-0.2, 0) is 11.2 Å². The molecule has 2 heterocycles. The maximum absolute atomic E-state index is 13.5. The molecular weight excluding hydrogens is 425 g/mol. The highest BCUT2D eigenvalue weighted by atomic mass is 35.5. The van der Waals surface area contributed by atoms with E-state index >= 15 is 0 Å². The Morgan fingerprint density at radius 3 is 2.30 bits per heavy atom. The van der Waals surface area contributed by atoms with E-state index in [0.717, 1.165) is 12.0 Å². The minimum atomic E-state index is -0.932. The van der Waals surface area contributed by atoms with E-state index in [1.807, 2.05) is 12.1 Å². The number of urea groups is 1. The van der Waals surface area contributed by atoms with Crippen molar-refractivity contribution in [3.8, 4) is 0 Å². The molecule has 2 aliphatic rings. The summed E-state index contributed by atoms with van der Waals surface area (Å²) in [6.45, 7) is 0.520. The molecule has 0 radical (unpaired) electrons. The molecule has 0 bridgehead atoms. The fraction of sp³-hybridized carbons (Fsp3) is 0.318. The van der Waals surface area contributed by atoms with Crippen molar-refractivity contribution in [3.63, 3.8) is 0 Å². The third-order valence-electron chi connectivity index (χ3n) is 5.72. The number of carbonyl (C=O) groups is 3. The van der Waals surface area contributed by atoms with Crippen molar-refractivity contribution < 1.29 is 14.4 Å². The van der Waals surface area contributed by atoms with Crippen molar-refractivity contribution in [1.82, 2.24) is 9.80 Å². The van der Waals surface area contributed by atoms with Crippen molar-refractivity contribution in [1.29, 1.82) is 0 Å². The Morgan fingerprint density at radius 2 is 1.70 bits per heavy atom. The Bertz CT molecular complexity index is 1020. The van der Waals surface area contributed by atoms with Crippen LogP contribution in [0.5, 0.6) is 0 Å². The van der Waals surface area contributed by atoms with Gasteiger partial charge in [-0.3, -0.25) is 9.59 Å². The molecule has 2 aromatic rings. The molecule has 2 aromatic carbocycles. The maximum Gasteiger partial charge on any atom is 0.332 e. The number of anilines is 1. The van der Waals surface area contributed by atoms with Crippen molar-refractivity contribution in [3.05, 3.63) is 63.6 Å². The molecule has 0 spiro atoms. The van der Waals surface area contributed by atoms with Gasteiger partial charge < -0.3 is 9.80 Å². The van der Waals surface area contributed by atoms with Crippen LogP contribution in [0.25, 0.3) is 0 Å². The monoisotopic (exact) mass is 445 g/mol. The summed E-state index contributed by atoms with van der Waals surface area (Å²) < 4.78 is 0. The summed E-state index contributed by atoms with van der Waals surface area (Å²) in [7, 11) is 3.40. The van der Waals surface area contributed by atoms with Crippen molar-refractivity contribution >= 4 is 46.7 Å². The maximum atomic E-state index is 13.5. The summed E-state index contributed by atoms with van der Waals surface area (Å²) in [5, 5.41) is 0.723. The Morgan fingerprint density at radius 1 is 1.07 bits per heavy atom. The lowest BCUT2D eigenvalue weighted by Gasteiger charge is -2.28. The van der Waals surface area contributed by atoms with Crippen LogP contribution in [0.15, 0.2) is 42.5 Å². The number of rotatable bonds is 4. The lowest BCUT2D eigenvalue weighted by atomic mass is 9.87. The van der Waals surface area contributed by atoms with Crippen LogP contribution in [0, 0.1) is 0 Å². The average molecular weight is 446 g/mol. The molecule has 4 amide bonds. The van der Waals surface area contributed by atoms with Crippen LogP contribution < -0.4 is 4.90 Å². The third-order valence-corrected chi connectivity index (χ3v) is 6.16. The Balaban J connectivity index is 1.66. The number of halogens is 2. The summed E-state index contributed by atoms with van der Waals surface area (Å²) in [4.78, 5) is 43.1. The molecule has 2 aliphatic heterocycles. The summed E-state index contributed by atoms with van der Waals surface area (Å²) >= 11 is 12.2. The van der Waals surface area contributed by atoms with E-state index in [2.05, 4.69) is 0 Å². The number of amides is 4. The van der Waals surface area contributed by atoms with Gasteiger partial charge in [-0.25, -0.2) is 9.69 Å². The molecule has 2 saturated heterocycles. The van der Waals surface area contributed by atoms with Crippen molar-refractivity contribution in [2.45, 2.75) is 24.8 Å². The minimum Gasteiger partial charge on any atom is -0.345 e. The number of nitrogens with zero attached hydrogens (tertiary/aromatic N) is 3. The normalized spacial score (nSPS) is 20.7. The molecule has 0 aliphatic carbocycles. The fourth-order valence-electron chi connectivity index (χ4n) is 4.31. The van der Waals surface area contributed by atoms with Crippen LogP contribution >= 0.6 is 23.2 Å². The SMILES string of the molecule is CN(C)C(=O)c1ccc(CC23CCCN2C(=O)N(c2cc(Cl)cc(Cl)c2)C3=O)cc1. The number of imide groups is 1. The first-order valence-electron chi connectivity index (χ1n) is 9.66. The predicted octanol–water partition coefficient (Wildman–Crippen LogP) is 4.24. The molecule has 8 heteroatoms. The quantitative estimate of drug-likeness (QED) is 0.661. The van der Waals surface area contributed by atoms with Gasteiger partial charge in [0.05, 0.1) is 5.69 Å². The number of fused-ring (bicyclic) bond motifs is 1. The molecule has 2 fully saturated rings. The van der Waals surface area contributed by atoms with E-state index in [1.54, 1.807) is 49.3 Å². The lowest BCUT2D eigenvalue weighted by Crippen LogP contribution is -2.47. The zero-order valence-corrected chi connectivity index (χ0v) is 18.2. The highest BCUT2D eigenvalue weighted by Gasteiger charge is 2.59. The van der Waals surface area contributed by atoms with Gasteiger partial charge in [0.15, 0.2) is 0 Å². The fourth-order valence-corrected chi connectivity index (χ4v) is 4.83. The van der Waals surface area contributed by atoms with E-state index < -0.39 is 5.54 Å². The second kappa shape index (κ2) is 7.60. The second-order valence-electron chi connectivity index (χ2n) is 7.91. The van der Waals surface area contributed by atoms with Gasteiger partial charge in [0, 0.05) is 42.7 Å². The molecule has 1 unspecified atom stereocenters. The molecule has 0 saturated carbocycles. The third kappa shape index (κ3) is 3.34. The molecular formula is C22H21Cl2N3O3. The van der Waals surface area contributed by atoms with E-state index in [-0.39, 0.29) is 17.8 Å². The first-order valence-corrected chi connectivity index (χ1v) is 10.4. The number of hydrogen-bond donors (Lipinski definition) is 0. The van der Waals surface area contributed by atoms with E-state index in [4.69, 9.17) is 23.2 Å². The highest BCUT2D eigenvalue weighted by Crippen LogP contribution is 2.43. The topological polar surface area (TPSA) is 60.9 Å². The van der Waals surface area contributed by atoms with E-state index in [9.17, 15) is 14.4 Å². The van der Waals surface area contributed by atoms with Crippen LogP contribution in [0.1, 0.15) is 28.8 Å². The van der Waals surface area contributed by atoms with Gasteiger partial charge in [0.2, 0.25) is 0 Å². The first kappa shape index (κ1) is 20.7. The molecule has 6 nitrogen and oxygen atoms in total. The number of carbonyl (C=O) groups excluding carboxylic acids is 3. The number of hydrogen-bond acceptors (Lipinski definition) is 3. The summed E-state index contributed by atoms with van der Waals surface area (Å²) in [6.07, 6.45) is 1.73. The van der Waals surface area contributed by atoms with Gasteiger partial charge >= 0.3 is 6.03 Å². The van der Waals surface area contributed by atoms with E-state index in [1.165, 1.54) is 9.80 Å². The molecule has 0 aromatic heterocycles. The predicted molar refractivity (Wildman–Crippen MR) is 116 cm³/mol. The second-order valence-corrected chi connectivity index (χ2v) is 8.78. The van der Waals surface area contributed by atoms with E-state index in [0.29, 0.717) is 40.7 Å². The van der Waals surface area contributed by atoms with Gasteiger partial charge in [-0.15, -0.1) is 0 Å². The summed E-state index contributed by atoms with van der Waals surface area (Å²) in [5.41, 5.74) is 0.917. The number of benzene rings is 2. The van der Waals surface area contributed by atoms with Crippen LogP contribution in [0.2, 0.25) is 10.0 Å². The largest absolute Gasteiger partial charge is 0.345 e. The first-order chi connectivity index (χ1) is 14.2.